The van der Waals surface area contributed by atoms with Crippen molar-refractivity contribution in [3.05, 3.63) is 71.0 Å². The summed E-state index contributed by atoms with van der Waals surface area (Å²) in [7, 11) is 0. The van der Waals surface area contributed by atoms with E-state index in [1.54, 1.807) is 12.1 Å². The number of alkyl halides is 3. The van der Waals surface area contributed by atoms with E-state index in [0.717, 1.165) is 29.8 Å². The van der Waals surface area contributed by atoms with Crippen LogP contribution in [0.3, 0.4) is 0 Å². The summed E-state index contributed by atoms with van der Waals surface area (Å²) in [5.41, 5.74) is 0.174. The first kappa shape index (κ1) is 25.2. The Morgan fingerprint density at radius 3 is 2.18 bits per heavy atom. The van der Waals surface area contributed by atoms with Gasteiger partial charge in [-0.05, 0) is 61.2 Å². The van der Waals surface area contributed by atoms with Crippen LogP contribution >= 0.6 is 0 Å². The molecular formula is C24H24F4N2O4. The maximum absolute atomic E-state index is 12.9. The molecule has 6 nitrogen and oxygen atoms in total. The van der Waals surface area contributed by atoms with Crippen molar-refractivity contribution in [1.82, 2.24) is 10.2 Å². The molecular weight excluding hydrogens is 456 g/mol. The lowest BCUT2D eigenvalue weighted by Gasteiger charge is -2.31. The number of ether oxygens (including phenoxy) is 1. The number of nitrogens with zero attached hydrogens (tertiary/aromatic N) is 1. The van der Waals surface area contributed by atoms with Crippen molar-refractivity contribution in [3.8, 4) is 0 Å². The van der Waals surface area contributed by atoms with Crippen LogP contribution in [0.15, 0.2) is 48.5 Å². The number of nitrogens with one attached hydrogen (secondary N) is 1. The number of likely N-dealkylation sites (tertiary alicyclic amines) is 1. The molecule has 0 saturated carbocycles. The quantitative estimate of drug-likeness (QED) is 0.486. The van der Waals surface area contributed by atoms with Gasteiger partial charge in [0.15, 0.2) is 6.61 Å². The molecule has 1 aliphatic heterocycles. The molecule has 10 heteroatoms. The smallest absolute Gasteiger partial charge is 0.416 e. The van der Waals surface area contributed by atoms with Gasteiger partial charge in [-0.15, -0.1) is 0 Å². The van der Waals surface area contributed by atoms with Crippen LogP contribution < -0.4 is 5.32 Å². The predicted molar refractivity (Wildman–Crippen MR) is 114 cm³/mol. The zero-order valence-corrected chi connectivity index (χ0v) is 18.2. The third-order valence-corrected chi connectivity index (χ3v) is 5.57. The van der Waals surface area contributed by atoms with Crippen LogP contribution in [0.5, 0.6) is 0 Å². The second kappa shape index (κ2) is 11.1. The molecule has 0 atom stereocenters. The Morgan fingerprint density at radius 2 is 1.59 bits per heavy atom. The van der Waals surface area contributed by atoms with Crippen molar-refractivity contribution in [1.29, 1.82) is 0 Å². The van der Waals surface area contributed by atoms with Crippen molar-refractivity contribution in [2.45, 2.75) is 25.4 Å². The molecule has 2 aromatic rings. The highest BCUT2D eigenvalue weighted by Crippen LogP contribution is 2.29. The third-order valence-electron chi connectivity index (χ3n) is 5.57. The molecule has 0 radical (unpaired) electrons. The highest BCUT2D eigenvalue weighted by Gasteiger charge is 2.32. The molecule has 1 saturated heterocycles. The first-order chi connectivity index (χ1) is 16.1. The van der Waals surface area contributed by atoms with Crippen LogP contribution in [0.25, 0.3) is 0 Å². The highest BCUT2D eigenvalue weighted by molar-refractivity contribution is 5.94. The number of amides is 2. The van der Waals surface area contributed by atoms with Gasteiger partial charge in [-0.3, -0.25) is 14.4 Å². The van der Waals surface area contributed by atoms with E-state index in [1.165, 1.54) is 17.0 Å². The van der Waals surface area contributed by atoms with Crippen LogP contribution in [0.1, 0.15) is 34.3 Å². The van der Waals surface area contributed by atoms with Crippen LogP contribution in [-0.2, 0) is 26.9 Å². The Hall–Kier alpha value is -3.43. The number of halogens is 4. The lowest BCUT2D eigenvalue weighted by molar-refractivity contribution is -0.153. The number of esters is 1. The van der Waals surface area contributed by atoms with Crippen molar-refractivity contribution >= 4 is 17.8 Å². The molecule has 1 heterocycles. The maximum atomic E-state index is 12.9. The summed E-state index contributed by atoms with van der Waals surface area (Å²) in [5, 5.41) is 2.62. The molecule has 0 spiro atoms. The van der Waals surface area contributed by atoms with E-state index < -0.39 is 42.0 Å². The van der Waals surface area contributed by atoms with Gasteiger partial charge in [0, 0.05) is 25.2 Å². The summed E-state index contributed by atoms with van der Waals surface area (Å²) < 4.78 is 56.0. The van der Waals surface area contributed by atoms with Crippen molar-refractivity contribution in [2.24, 2.45) is 5.92 Å². The molecule has 34 heavy (non-hydrogen) atoms. The largest absolute Gasteiger partial charge is 0.455 e. The average molecular weight is 480 g/mol. The molecule has 1 fully saturated rings. The van der Waals surface area contributed by atoms with Crippen LogP contribution in [-0.4, -0.2) is 48.9 Å². The van der Waals surface area contributed by atoms with Gasteiger partial charge in [0.1, 0.15) is 5.82 Å². The number of carbonyl (C=O) groups is 3. The number of hydrogen-bond donors (Lipinski definition) is 1. The molecule has 1 N–H and O–H groups in total. The van der Waals surface area contributed by atoms with Gasteiger partial charge in [-0.1, -0.05) is 12.1 Å². The zero-order chi connectivity index (χ0) is 24.7. The minimum absolute atomic E-state index is 0.145. The zero-order valence-electron chi connectivity index (χ0n) is 18.2. The number of benzene rings is 2. The molecule has 0 aliphatic carbocycles. The predicted octanol–water partition coefficient (Wildman–Crippen LogP) is 3.60. The van der Waals surface area contributed by atoms with Gasteiger partial charge in [0.05, 0.1) is 11.5 Å². The van der Waals surface area contributed by atoms with Crippen molar-refractivity contribution in [3.63, 3.8) is 0 Å². The number of carbonyl (C=O) groups excluding carboxylic acids is 3. The normalized spacial score (nSPS) is 14.5. The van der Waals surface area contributed by atoms with E-state index in [4.69, 9.17) is 4.74 Å². The standard InChI is InChI=1S/C24H24F4N2O4/c25-20-7-1-16(2-8-20)9-12-29-21(31)15-34-23(33)18-10-13-30(14-11-18)22(32)17-3-5-19(6-4-17)24(26,27)28/h1-8,18H,9-15H2,(H,29,31). The molecule has 3 rings (SSSR count). The molecule has 0 bridgehead atoms. The fourth-order valence-electron chi connectivity index (χ4n) is 3.61. The van der Waals surface area contributed by atoms with Gasteiger partial charge < -0.3 is 15.0 Å². The van der Waals surface area contributed by atoms with Crippen LogP contribution in [0.2, 0.25) is 0 Å². The Balaban J connectivity index is 1.37. The van der Waals surface area contributed by atoms with Gasteiger partial charge >= 0.3 is 12.1 Å². The highest BCUT2D eigenvalue weighted by atomic mass is 19.4. The van der Waals surface area contributed by atoms with Gasteiger partial charge in [0.2, 0.25) is 0 Å². The fourth-order valence-corrected chi connectivity index (χ4v) is 3.61. The van der Waals surface area contributed by atoms with E-state index in [1.807, 2.05) is 0 Å². The summed E-state index contributed by atoms with van der Waals surface area (Å²) in [6, 6.07) is 9.92. The minimum atomic E-state index is -4.47. The summed E-state index contributed by atoms with van der Waals surface area (Å²) in [6.07, 6.45) is -3.31. The monoisotopic (exact) mass is 480 g/mol. The van der Waals surface area contributed by atoms with E-state index in [0.29, 0.717) is 25.8 Å². The first-order valence-electron chi connectivity index (χ1n) is 10.8. The lowest BCUT2D eigenvalue weighted by Crippen LogP contribution is -2.41. The molecule has 182 valence electrons. The molecule has 2 amide bonds. The molecule has 2 aromatic carbocycles. The average Bonchev–Trinajstić information content (AvgIpc) is 2.83. The fraction of sp³-hybridized carbons (Fsp3) is 0.375. The number of hydrogen-bond acceptors (Lipinski definition) is 4. The van der Waals surface area contributed by atoms with Crippen molar-refractivity contribution in [2.75, 3.05) is 26.2 Å². The Kier molecular flexibility index (Phi) is 8.25. The second-order valence-corrected chi connectivity index (χ2v) is 7.98. The van der Waals surface area contributed by atoms with Gasteiger partial charge in [-0.25, -0.2) is 4.39 Å². The SMILES string of the molecule is O=C(COC(=O)C1CCN(C(=O)c2ccc(C(F)(F)F)cc2)CC1)NCCc1ccc(F)cc1. The Labute approximate surface area is 193 Å². The van der Waals surface area contributed by atoms with E-state index in [2.05, 4.69) is 5.32 Å². The van der Waals surface area contributed by atoms with Crippen LogP contribution in [0.4, 0.5) is 17.6 Å². The summed E-state index contributed by atoms with van der Waals surface area (Å²) >= 11 is 0. The Morgan fingerprint density at radius 1 is 0.971 bits per heavy atom. The minimum Gasteiger partial charge on any atom is -0.455 e. The van der Waals surface area contributed by atoms with Gasteiger partial charge in [0.25, 0.3) is 11.8 Å². The maximum Gasteiger partial charge on any atom is 0.416 e. The molecule has 0 unspecified atom stereocenters. The van der Waals surface area contributed by atoms with E-state index in [-0.39, 0.29) is 24.5 Å². The topological polar surface area (TPSA) is 75.7 Å². The summed E-state index contributed by atoms with van der Waals surface area (Å²) in [4.78, 5) is 38.2. The summed E-state index contributed by atoms with van der Waals surface area (Å²) in [5.74, 6) is -2.19. The Bertz CT molecular complexity index is 999. The second-order valence-electron chi connectivity index (χ2n) is 7.98. The summed E-state index contributed by atoms with van der Waals surface area (Å²) in [6.45, 7) is 0.395. The van der Waals surface area contributed by atoms with E-state index >= 15 is 0 Å². The lowest BCUT2D eigenvalue weighted by atomic mass is 9.96. The molecule has 1 aliphatic rings. The third kappa shape index (κ3) is 7.03. The molecule has 0 aromatic heterocycles. The number of piperidine rings is 1. The first-order valence-corrected chi connectivity index (χ1v) is 10.8. The van der Waals surface area contributed by atoms with Gasteiger partial charge in [-0.2, -0.15) is 13.2 Å². The van der Waals surface area contributed by atoms with E-state index in [9.17, 15) is 31.9 Å². The number of rotatable bonds is 7. The van der Waals surface area contributed by atoms with Crippen molar-refractivity contribution < 1.29 is 36.7 Å². The van der Waals surface area contributed by atoms with Crippen LogP contribution in [0, 0.1) is 11.7 Å².